The van der Waals surface area contributed by atoms with Gasteiger partial charge in [0.1, 0.15) is 5.03 Å². The van der Waals surface area contributed by atoms with Crippen LogP contribution in [0.2, 0.25) is 18.1 Å². The molecule has 23 heavy (non-hydrogen) atoms. The molecule has 1 saturated heterocycles. The zero-order valence-corrected chi connectivity index (χ0v) is 17.3. The standard InChI is InChI=1S/C16H26N2O2S2Si/c1-11(20-23(5,6)16(2,3)4)13-14(19)18-15(13)22-21-12-9-7-8-10-17-12/h7-11,13,15H,1-6H3,(H,18,19)/t11?,13-,15+/m0/s1. The van der Waals surface area contributed by atoms with E-state index in [0.717, 1.165) is 5.03 Å². The molecule has 0 spiro atoms. The van der Waals surface area contributed by atoms with Gasteiger partial charge in [0.2, 0.25) is 5.91 Å². The summed E-state index contributed by atoms with van der Waals surface area (Å²) in [5.74, 6) is 0.000618. The molecule has 7 heteroatoms. The van der Waals surface area contributed by atoms with Gasteiger partial charge in [-0.2, -0.15) is 0 Å². The number of β-lactam (4-membered cyclic amide) rings is 1. The summed E-state index contributed by atoms with van der Waals surface area (Å²) in [6.45, 7) is 13.1. The first-order chi connectivity index (χ1) is 10.6. The van der Waals surface area contributed by atoms with Crippen LogP contribution in [-0.4, -0.2) is 30.7 Å². The fourth-order valence-electron chi connectivity index (χ4n) is 2.12. The second-order valence-corrected chi connectivity index (χ2v) is 14.5. The molecule has 1 amide bonds. The number of rotatable bonds is 6. The van der Waals surface area contributed by atoms with Crippen molar-refractivity contribution in [1.82, 2.24) is 10.3 Å². The van der Waals surface area contributed by atoms with Crippen molar-refractivity contribution in [3.8, 4) is 0 Å². The topological polar surface area (TPSA) is 51.2 Å². The van der Waals surface area contributed by atoms with Crippen molar-refractivity contribution in [1.29, 1.82) is 0 Å². The van der Waals surface area contributed by atoms with Crippen molar-refractivity contribution in [2.75, 3.05) is 0 Å². The van der Waals surface area contributed by atoms with Crippen molar-refractivity contribution in [2.45, 2.75) is 62.3 Å². The van der Waals surface area contributed by atoms with Crippen LogP contribution in [0.5, 0.6) is 0 Å². The van der Waals surface area contributed by atoms with E-state index in [9.17, 15) is 4.79 Å². The van der Waals surface area contributed by atoms with Gasteiger partial charge in [0.15, 0.2) is 8.32 Å². The summed E-state index contributed by atoms with van der Waals surface area (Å²) >= 11 is 0. The molecule has 0 aliphatic carbocycles. The van der Waals surface area contributed by atoms with Crippen LogP contribution < -0.4 is 5.32 Å². The number of hydrogen-bond donors (Lipinski definition) is 1. The van der Waals surface area contributed by atoms with Crippen LogP contribution >= 0.6 is 21.6 Å². The van der Waals surface area contributed by atoms with E-state index < -0.39 is 8.32 Å². The number of carbonyl (C=O) groups is 1. The number of aromatic nitrogens is 1. The third-order valence-electron chi connectivity index (χ3n) is 4.58. The Hall–Kier alpha value is -0.503. The smallest absolute Gasteiger partial charge is 0.229 e. The largest absolute Gasteiger partial charge is 0.413 e. The molecular weight excluding hydrogens is 344 g/mol. The molecule has 4 nitrogen and oxygen atoms in total. The average Bonchev–Trinajstić information content (AvgIpc) is 2.42. The summed E-state index contributed by atoms with van der Waals surface area (Å²) in [6.07, 6.45) is 1.72. The van der Waals surface area contributed by atoms with E-state index in [1.165, 1.54) is 0 Å². The van der Waals surface area contributed by atoms with Gasteiger partial charge in [0.05, 0.1) is 17.4 Å². The van der Waals surface area contributed by atoms with E-state index in [2.05, 4.69) is 44.2 Å². The maximum atomic E-state index is 12.0. The predicted octanol–water partition coefficient (Wildman–Crippen LogP) is 4.30. The molecule has 1 aliphatic heterocycles. The van der Waals surface area contributed by atoms with E-state index in [1.807, 2.05) is 25.1 Å². The zero-order chi connectivity index (χ0) is 17.3. The quantitative estimate of drug-likeness (QED) is 0.459. The molecule has 1 N–H and O–H groups in total. The number of pyridine rings is 1. The summed E-state index contributed by atoms with van der Waals surface area (Å²) < 4.78 is 6.40. The monoisotopic (exact) mass is 370 g/mol. The van der Waals surface area contributed by atoms with Gasteiger partial charge >= 0.3 is 0 Å². The number of nitrogens with one attached hydrogen (secondary N) is 1. The lowest BCUT2D eigenvalue weighted by molar-refractivity contribution is -0.136. The van der Waals surface area contributed by atoms with Gasteiger partial charge < -0.3 is 9.74 Å². The minimum atomic E-state index is -1.87. The minimum Gasteiger partial charge on any atom is -0.413 e. The maximum absolute atomic E-state index is 12.0. The zero-order valence-electron chi connectivity index (χ0n) is 14.6. The van der Waals surface area contributed by atoms with Crippen LogP contribution in [-0.2, 0) is 9.22 Å². The number of hydrogen-bond acceptors (Lipinski definition) is 5. The lowest BCUT2D eigenvalue weighted by atomic mass is 9.96. The van der Waals surface area contributed by atoms with Crippen LogP contribution in [0.1, 0.15) is 27.7 Å². The van der Waals surface area contributed by atoms with Crippen LogP contribution in [0.3, 0.4) is 0 Å². The highest BCUT2D eigenvalue weighted by molar-refractivity contribution is 8.76. The molecule has 2 rings (SSSR count). The minimum absolute atomic E-state index is 0.0634. The Labute approximate surface area is 148 Å². The van der Waals surface area contributed by atoms with Crippen molar-refractivity contribution < 1.29 is 9.22 Å². The number of nitrogens with zero attached hydrogens (tertiary/aromatic N) is 1. The van der Waals surface area contributed by atoms with Gasteiger partial charge in [-0.1, -0.05) is 37.6 Å². The van der Waals surface area contributed by atoms with Crippen molar-refractivity contribution in [2.24, 2.45) is 5.92 Å². The molecule has 0 saturated carbocycles. The van der Waals surface area contributed by atoms with Crippen LogP contribution in [0.4, 0.5) is 0 Å². The molecular formula is C16H26N2O2S2Si. The summed E-state index contributed by atoms with van der Waals surface area (Å²) in [5, 5.41) is 4.16. The van der Waals surface area contributed by atoms with Crippen molar-refractivity contribution in [3.05, 3.63) is 24.4 Å². The van der Waals surface area contributed by atoms with Gasteiger partial charge in [-0.3, -0.25) is 4.79 Å². The molecule has 1 aromatic rings. The Morgan fingerprint density at radius 3 is 2.57 bits per heavy atom. The average molecular weight is 371 g/mol. The van der Waals surface area contributed by atoms with Gasteiger partial charge in [-0.05, 0) is 48.0 Å². The molecule has 3 atom stereocenters. The number of amides is 1. The highest BCUT2D eigenvalue weighted by Gasteiger charge is 2.47. The van der Waals surface area contributed by atoms with Crippen LogP contribution in [0, 0.1) is 5.92 Å². The lowest BCUT2D eigenvalue weighted by Crippen LogP contribution is -2.62. The number of carbonyl (C=O) groups excluding carboxylic acids is 1. The Kier molecular flexibility index (Phi) is 5.87. The molecule has 0 radical (unpaired) electrons. The fraction of sp³-hybridized carbons (Fsp3) is 0.625. The van der Waals surface area contributed by atoms with Crippen LogP contribution in [0.15, 0.2) is 29.4 Å². The SMILES string of the molecule is CC(O[Si](C)(C)C(C)(C)C)[C@H]1C(=O)N[C@@H]1SSc1ccccn1. The molecule has 2 heterocycles. The Morgan fingerprint density at radius 2 is 2.04 bits per heavy atom. The third-order valence-corrected chi connectivity index (χ3v) is 11.7. The highest BCUT2D eigenvalue weighted by Crippen LogP contribution is 2.43. The molecule has 0 aromatic carbocycles. The summed E-state index contributed by atoms with van der Waals surface area (Å²) in [5.41, 5.74) is 0. The highest BCUT2D eigenvalue weighted by atomic mass is 33.1. The molecule has 128 valence electrons. The Balaban J connectivity index is 1.93. The summed E-state index contributed by atoms with van der Waals surface area (Å²) in [6, 6.07) is 5.84. The summed E-state index contributed by atoms with van der Waals surface area (Å²) in [7, 11) is 1.38. The first-order valence-electron chi connectivity index (χ1n) is 7.84. The first kappa shape index (κ1) is 18.8. The van der Waals surface area contributed by atoms with Gasteiger partial charge in [-0.25, -0.2) is 4.98 Å². The molecule has 1 aliphatic rings. The lowest BCUT2D eigenvalue weighted by Gasteiger charge is -2.44. The van der Waals surface area contributed by atoms with Crippen LogP contribution in [0.25, 0.3) is 0 Å². The molecule has 1 fully saturated rings. The second-order valence-electron chi connectivity index (χ2n) is 7.39. The van der Waals surface area contributed by atoms with E-state index in [0.29, 0.717) is 0 Å². The molecule has 0 bridgehead atoms. The molecule has 1 unspecified atom stereocenters. The van der Waals surface area contributed by atoms with E-state index >= 15 is 0 Å². The summed E-state index contributed by atoms with van der Waals surface area (Å²) in [4.78, 5) is 16.3. The van der Waals surface area contributed by atoms with Gasteiger partial charge in [-0.15, -0.1) is 0 Å². The normalized spacial score (nSPS) is 23.1. The Bertz CT molecular complexity index is 549. The van der Waals surface area contributed by atoms with E-state index in [1.54, 1.807) is 27.8 Å². The third kappa shape index (κ3) is 4.52. The fourth-order valence-corrected chi connectivity index (χ4v) is 6.03. The first-order valence-corrected chi connectivity index (χ1v) is 13.0. The maximum Gasteiger partial charge on any atom is 0.229 e. The Morgan fingerprint density at radius 1 is 1.35 bits per heavy atom. The van der Waals surface area contributed by atoms with Crippen molar-refractivity contribution in [3.63, 3.8) is 0 Å². The second kappa shape index (κ2) is 7.17. The predicted molar refractivity (Wildman–Crippen MR) is 101 cm³/mol. The molecule has 1 aromatic heterocycles. The van der Waals surface area contributed by atoms with Gasteiger partial charge in [0, 0.05) is 6.20 Å². The van der Waals surface area contributed by atoms with E-state index in [4.69, 9.17) is 4.43 Å². The van der Waals surface area contributed by atoms with E-state index in [-0.39, 0.29) is 28.3 Å². The van der Waals surface area contributed by atoms with Crippen molar-refractivity contribution >= 4 is 35.8 Å². The van der Waals surface area contributed by atoms with Gasteiger partial charge in [0.25, 0.3) is 0 Å².